The second kappa shape index (κ2) is 9.00. The summed E-state index contributed by atoms with van der Waals surface area (Å²) in [5.41, 5.74) is 2.31. The van der Waals surface area contributed by atoms with Gasteiger partial charge in [-0.3, -0.25) is 4.90 Å². The lowest BCUT2D eigenvalue weighted by molar-refractivity contribution is 0.0197. The summed E-state index contributed by atoms with van der Waals surface area (Å²) in [6.07, 6.45) is 3.50. The van der Waals surface area contributed by atoms with Crippen molar-refractivity contribution in [1.82, 2.24) is 24.4 Å². The van der Waals surface area contributed by atoms with Gasteiger partial charge in [-0.2, -0.15) is 9.61 Å². The number of amides is 1. The number of piperidine rings is 1. The van der Waals surface area contributed by atoms with Crippen LogP contribution >= 0.6 is 0 Å². The van der Waals surface area contributed by atoms with E-state index < -0.39 is 5.60 Å². The van der Waals surface area contributed by atoms with Gasteiger partial charge in [0.05, 0.1) is 32.2 Å². The molecule has 0 saturated carbocycles. The van der Waals surface area contributed by atoms with Crippen LogP contribution in [-0.4, -0.2) is 82.6 Å². The quantitative estimate of drug-likeness (QED) is 0.736. The fourth-order valence-corrected chi connectivity index (χ4v) is 4.18. The van der Waals surface area contributed by atoms with Crippen molar-refractivity contribution in [2.24, 2.45) is 0 Å². The Hall–Kier alpha value is -2.39. The Balaban J connectivity index is 1.57. The van der Waals surface area contributed by atoms with E-state index in [-0.39, 0.29) is 12.0 Å². The summed E-state index contributed by atoms with van der Waals surface area (Å²) in [4.78, 5) is 21.7. The van der Waals surface area contributed by atoms with Crippen LogP contribution in [0.25, 0.3) is 5.65 Å². The maximum atomic E-state index is 12.6. The largest absolute Gasteiger partial charge is 0.481 e. The van der Waals surface area contributed by atoms with E-state index in [2.05, 4.69) is 10.00 Å². The molecular weight excluding hydrogens is 398 g/mol. The van der Waals surface area contributed by atoms with Gasteiger partial charge in [0.2, 0.25) is 5.88 Å². The Labute approximate surface area is 183 Å². The molecular formula is C22H33N5O4. The van der Waals surface area contributed by atoms with Crippen molar-refractivity contribution < 1.29 is 19.0 Å². The van der Waals surface area contributed by atoms with Gasteiger partial charge in [0.25, 0.3) is 0 Å². The molecule has 2 aromatic rings. The highest BCUT2D eigenvalue weighted by Gasteiger charge is 2.30. The number of morpholine rings is 1. The molecule has 0 radical (unpaired) electrons. The third-order valence-corrected chi connectivity index (χ3v) is 5.73. The number of hydrogen-bond donors (Lipinski definition) is 0. The number of likely N-dealkylation sites (tertiary alicyclic amines) is 1. The summed E-state index contributed by atoms with van der Waals surface area (Å²) in [5, 5.41) is 4.51. The van der Waals surface area contributed by atoms with Crippen molar-refractivity contribution in [3.05, 3.63) is 23.5 Å². The second-order valence-corrected chi connectivity index (χ2v) is 9.28. The number of ether oxygens (including phenoxy) is 3. The van der Waals surface area contributed by atoms with Crippen molar-refractivity contribution in [1.29, 1.82) is 0 Å². The van der Waals surface area contributed by atoms with Crippen LogP contribution in [-0.2, 0) is 16.0 Å². The molecule has 1 atom stereocenters. The SMILES string of the molecule is COc1cc(C2CCCN(C(=O)OC(C)(C)C)C2)nc2c(CN3CCOCC3)cnn12. The molecule has 170 valence electrons. The maximum absolute atomic E-state index is 12.6. The summed E-state index contributed by atoms with van der Waals surface area (Å²) in [7, 11) is 1.65. The predicted molar refractivity (Wildman–Crippen MR) is 115 cm³/mol. The highest BCUT2D eigenvalue weighted by Crippen LogP contribution is 2.30. The number of aromatic nitrogens is 3. The Morgan fingerprint density at radius 3 is 2.74 bits per heavy atom. The van der Waals surface area contributed by atoms with Crippen molar-refractivity contribution in [3.8, 4) is 5.88 Å². The monoisotopic (exact) mass is 431 g/mol. The zero-order valence-electron chi connectivity index (χ0n) is 19.0. The third-order valence-electron chi connectivity index (χ3n) is 5.73. The van der Waals surface area contributed by atoms with E-state index in [9.17, 15) is 4.79 Å². The van der Waals surface area contributed by atoms with Crippen molar-refractivity contribution in [2.75, 3.05) is 46.5 Å². The smallest absolute Gasteiger partial charge is 0.410 e. The second-order valence-electron chi connectivity index (χ2n) is 9.28. The molecule has 0 bridgehead atoms. The number of fused-ring (bicyclic) bond motifs is 1. The van der Waals surface area contributed by atoms with E-state index in [4.69, 9.17) is 19.2 Å². The number of rotatable bonds is 4. The van der Waals surface area contributed by atoms with Gasteiger partial charge < -0.3 is 19.1 Å². The first-order valence-corrected chi connectivity index (χ1v) is 11.0. The molecule has 9 nitrogen and oxygen atoms in total. The van der Waals surface area contributed by atoms with E-state index in [1.807, 2.05) is 33.0 Å². The van der Waals surface area contributed by atoms with Gasteiger partial charge in [-0.15, -0.1) is 0 Å². The van der Waals surface area contributed by atoms with Gasteiger partial charge in [0.15, 0.2) is 5.65 Å². The van der Waals surface area contributed by atoms with Crippen molar-refractivity contribution >= 4 is 11.7 Å². The fourth-order valence-electron chi connectivity index (χ4n) is 4.18. The number of carbonyl (C=O) groups is 1. The van der Waals surface area contributed by atoms with Crippen molar-refractivity contribution in [2.45, 2.75) is 51.7 Å². The molecule has 2 saturated heterocycles. The molecule has 0 spiro atoms. The van der Waals surface area contributed by atoms with E-state index in [1.165, 1.54) is 0 Å². The zero-order valence-corrected chi connectivity index (χ0v) is 19.0. The van der Waals surface area contributed by atoms with Crippen LogP contribution in [0.3, 0.4) is 0 Å². The zero-order chi connectivity index (χ0) is 22.0. The van der Waals surface area contributed by atoms with Gasteiger partial charge in [-0.25, -0.2) is 9.78 Å². The van der Waals surface area contributed by atoms with Crippen LogP contribution in [0.4, 0.5) is 4.79 Å². The highest BCUT2D eigenvalue weighted by molar-refractivity contribution is 5.68. The Morgan fingerprint density at radius 2 is 2.03 bits per heavy atom. The minimum Gasteiger partial charge on any atom is -0.481 e. The first kappa shape index (κ1) is 21.8. The van der Waals surface area contributed by atoms with E-state index in [0.717, 1.165) is 62.6 Å². The molecule has 1 amide bonds. The van der Waals surface area contributed by atoms with Crippen LogP contribution < -0.4 is 4.74 Å². The lowest BCUT2D eigenvalue weighted by atomic mass is 9.94. The van der Waals surface area contributed by atoms with E-state index in [0.29, 0.717) is 19.0 Å². The fraction of sp³-hybridized carbons (Fsp3) is 0.682. The molecule has 2 fully saturated rings. The lowest BCUT2D eigenvalue weighted by Gasteiger charge is -2.34. The van der Waals surface area contributed by atoms with Gasteiger partial charge in [0, 0.05) is 50.3 Å². The number of methoxy groups -OCH3 is 1. The lowest BCUT2D eigenvalue weighted by Crippen LogP contribution is -2.42. The molecule has 0 aliphatic carbocycles. The topological polar surface area (TPSA) is 81.4 Å². The van der Waals surface area contributed by atoms with E-state index in [1.54, 1.807) is 16.5 Å². The standard InChI is InChI=1S/C22H33N5O4/c1-22(2,3)31-21(28)26-7-5-6-16(15-26)18-12-19(29-4)27-20(24-18)17(13-23-27)14-25-8-10-30-11-9-25/h12-13,16H,5-11,14-15H2,1-4H3. The van der Waals surface area contributed by atoms with Gasteiger partial charge >= 0.3 is 6.09 Å². The Kier molecular flexibility index (Phi) is 6.34. The van der Waals surface area contributed by atoms with Crippen LogP contribution in [0, 0.1) is 0 Å². The number of hydrogen-bond acceptors (Lipinski definition) is 7. The Bertz CT molecular complexity index is 916. The average molecular weight is 432 g/mol. The normalized spacial score (nSPS) is 20.8. The first-order chi connectivity index (χ1) is 14.8. The molecule has 2 aliphatic rings. The van der Waals surface area contributed by atoms with Crippen LogP contribution in [0.2, 0.25) is 0 Å². The van der Waals surface area contributed by atoms with Crippen LogP contribution in [0.15, 0.2) is 12.3 Å². The molecule has 9 heteroatoms. The summed E-state index contributed by atoms with van der Waals surface area (Å²) in [6.45, 7) is 11.1. The summed E-state index contributed by atoms with van der Waals surface area (Å²) < 4.78 is 18.4. The molecule has 2 aromatic heterocycles. The summed E-state index contributed by atoms with van der Waals surface area (Å²) in [5.74, 6) is 0.786. The molecule has 4 heterocycles. The highest BCUT2D eigenvalue weighted by atomic mass is 16.6. The molecule has 4 rings (SSSR count). The van der Waals surface area contributed by atoms with Gasteiger partial charge in [-0.05, 0) is 33.6 Å². The number of nitrogens with zero attached hydrogens (tertiary/aromatic N) is 5. The number of carbonyl (C=O) groups excluding carboxylic acids is 1. The van der Waals surface area contributed by atoms with Crippen LogP contribution in [0.1, 0.15) is 50.8 Å². The van der Waals surface area contributed by atoms with Gasteiger partial charge in [0.1, 0.15) is 5.60 Å². The average Bonchev–Trinajstić information content (AvgIpc) is 3.15. The van der Waals surface area contributed by atoms with E-state index >= 15 is 0 Å². The minimum absolute atomic E-state index is 0.131. The van der Waals surface area contributed by atoms with Gasteiger partial charge in [-0.1, -0.05) is 0 Å². The molecule has 31 heavy (non-hydrogen) atoms. The van der Waals surface area contributed by atoms with Crippen molar-refractivity contribution in [3.63, 3.8) is 0 Å². The molecule has 0 aromatic carbocycles. The summed E-state index contributed by atoms with van der Waals surface area (Å²) in [6, 6.07) is 1.95. The summed E-state index contributed by atoms with van der Waals surface area (Å²) >= 11 is 0. The minimum atomic E-state index is -0.504. The predicted octanol–water partition coefficient (Wildman–Crippen LogP) is 2.68. The van der Waals surface area contributed by atoms with Crippen LogP contribution in [0.5, 0.6) is 5.88 Å². The maximum Gasteiger partial charge on any atom is 0.410 e. The third kappa shape index (κ3) is 5.10. The Morgan fingerprint density at radius 1 is 1.26 bits per heavy atom. The first-order valence-electron chi connectivity index (χ1n) is 11.0. The molecule has 0 N–H and O–H groups in total. The molecule has 1 unspecified atom stereocenters. The molecule has 2 aliphatic heterocycles.